The van der Waals surface area contributed by atoms with Gasteiger partial charge in [0.2, 0.25) is 17.5 Å². The van der Waals surface area contributed by atoms with Crippen molar-refractivity contribution >= 4 is 11.0 Å². The Hall–Kier alpha value is -3.87. The van der Waals surface area contributed by atoms with Gasteiger partial charge >= 0.3 is 0 Å². The fourth-order valence-corrected chi connectivity index (χ4v) is 6.25. The van der Waals surface area contributed by atoms with Crippen LogP contribution in [0.3, 0.4) is 0 Å². The largest absolute Gasteiger partial charge is 0.508 e. The van der Waals surface area contributed by atoms with E-state index >= 15 is 0 Å². The van der Waals surface area contributed by atoms with Crippen molar-refractivity contribution in [2.45, 2.75) is 106 Å². The second kappa shape index (κ2) is 15.1. The van der Waals surface area contributed by atoms with Gasteiger partial charge in [-0.05, 0) is 32.0 Å². The number of aliphatic hydroxyl groups excluding tert-OH is 8. The molecule has 0 unspecified atom stereocenters. The first-order valence-electron chi connectivity index (χ1n) is 16.4. The number of hydrogen-bond donors (Lipinski definition) is 12. The number of benzene rings is 2. The Labute approximate surface area is 298 Å². The summed E-state index contributed by atoms with van der Waals surface area (Å²) in [5.41, 5.74) is -1.54. The zero-order chi connectivity index (χ0) is 38.6. The zero-order valence-corrected chi connectivity index (χ0v) is 27.9. The molecule has 0 radical (unpaired) electrons. The Morgan fingerprint density at radius 2 is 1.26 bits per heavy atom. The van der Waals surface area contributed by atoms with Gasteiger partial charge in [0.1, 0.15) is 77.4 Å². The second-order valence-electron chi connectivity index (χ2n) is 13.1. The first kappa shape index (κ1) is 38.8. The predicted octanol–water partition coefficient (Wildman–Crippen LogP) is -2.84. The lowest BCUT2D eigenvalue weighted by Crippen LogP contribution is -2.65. The maximum atomic E-state index is 14.0. The molecule has 2 aromatic carbocycles. The van der Waals surface area contributed by atoms with Crippen molar-refractivity contribution in [3.8, 4) is 40.1 Å². The maximum Gasteiger partial charge on any atom is 0.239 e. The number of aliphatic hydroxyl groups is 8. The molecule has 0 bridgehead atoms. The molecular weight excluding hydrogens is 716 g/mol. The summed E-state index contributed by atoms with van der Waals surface area (Å²) in [6.07, 6.45) is -25.1. The van der Waals surface area contributed by atoms with Crippen LogP contribution in [0.5, 0.6) is 28.7 Å². The van der Waals surface area contributed by atoms with E-state index in [0.717, 1.165) is 24.3 Å². The van der Waals surface area contributed by atoms with E-state index in [2.05, 4.69) is 0 Å². The summed E-state index contributed by atoms with van der Waals surface area (Å²) in [5, 5.41) is 125. The van der Waals surface area contributed by atoms with Gasteiger partial charge in [0.25, 0.3) is 0 Å². The number of ether oxygens (including phenoxy) is 6. The summed E-state index contributed by atoms with van der Waals surface area (Å²) in [7, 11) is 0. The molecule has 3 aromatic rings. The van der Waals surface area contributed by atoms with Gasteiger partial charge in [-0.3, -0.25) is 4.79 Å². The van der Waals surface area contributed by atoms with Crippen LogP contribution in [0.25, 0.3) is 22.3 Å². The molecule has 15 atom stereocenters. The third-order valence-corrected chi connectivity index (χ3v) is 9.37. The van der Waals surface area contributed by atoms with Crippen molar-refractivity contribution < 1.29 is 94.1 Å². The van der Waals surface area contributed by atoms with E-state index in [0.29, 0.717) is 0 Å². The van der Waals surface area contributed by atoms with Gasteiger partial charge < -0.3 is 94.1 Å². The van der Waals surface area contributed by atoms with Crippen LogP contribution in [0.15, 0.2) is 39.5 Å². The molecule has 3 aliphatic rings. The Kier molecular flexibility index (Phi) is 11.1. The van der Waals surface area contributed by atoms with E-state index in [1.807, 2.05) is 0 Å². The molecule has 0 amide bonds. The van der Waals surface area contributed by atoms with E-state index in [1.165, 1.54) is 19.9 Å². The number of fused-ring (bicyclic) bond motifs is 1. The molecule has 4 heterocycles. The van der Waals surface area contributed by atoms with E-state index in [1.54, 1.807) is 0 Å². The summed E-state index contributed by atoms with van der Waals surface area (Å²) >= 11 is 0. The van der Waals surface area contributed by atoms with Crippen LogP contribution in [0, 0.1) is 0 Å². The average molecular weight is 757 g/mol. The van der Waals surface area contributed by atoms with E-state index in [-0.39, 0.29) is 11.1 Å². The first-order valence-corrected chi connectivity index (χ1v) is 16.4. The van der Waals surface area contributed by atoms with Crippen LogP contribution in [0.2, 0.25) is 0 Å². The van der Waals surface area contributed by atoms with Gasteiger partial charge in [0, 0.05) is 17.7 Å². The molecular formula is C33H40O20. The monoisotopic (exact) mass is 756 g/mol. The molecule has 0 spiro atoms. The minimum Gasteiger partial charge on any atom is -0.508 e. The van der Waals surface area contributed by atoms with Gasteiger partial charge in [0.05, 0.1) is 18.8 Å². The molecule has 12 N–H and O–H groups in total. The Balaban J connectivity index is 1.40. The van der Waals surface area contributed by atoms with Gasteiger partial charge in [-0.15, -0.1) is 0 Å². The minimum absolute atomic E-state index is 0.0962. The third-order valence-electron chi connectivity index (χ3n) is 9.37. The van der Waals surface area contributed by atoms with E-state index in [9.17, 15) is 66.1 Å². The van der Waals surface area contributed by atoms with Crippen LogP contribution in [-0.4, -0.2) is 160 Å². The molecule has 3 aliphatic heterocycles. The van der Waals surface area contributed by atoms with Crippen LogP contribution in [-0.2, 0) is 23.7 Å². The molecule has 6 rings (SSSR count). The van der Waals surface area contributed by atoms with Crippen LogP contribution in [0.1, 0.15) is 13.8 Å². The van der Waals surface area contributed by atoms with Crippen molar-refractivity contribution in [1.29, 1.82) is 0 Å². The highest BCUT2D eigenvalue weighted by Gasteiger charge is 2.52. The molecule has 53 heavy (non-hydrogen) atoms. The Bertz CT molecular complexity index is 1830. The first-order chi connectivity index (χ1) is 25.0. The molecule has 3 fully saturated rings. The SMILES string of the molecule is C[C@H]1O[C@@H](OC[C@@H]2O[C@@H](Oc3c(-c4ccc(O)c(O)c4)oc4cc(O)cc(O)c4c3=O)[C@H](O[C@@H]3O[C@H](C)[C@@H](O)[C@H](O)[C@@H]3O)[C@@H](O)[C@H]2O)[C@H](O)[C@H](O)[C@H]1O. The zero-order valence-electron chi connectivity index (χ0n) is 27.9. The van der Waals surface area contributed by atoms with Crippen LogP contribution < -0.4 is 10.2 Å². The van der Waals surface area contributed by atoms with Crippen molar-refractivity contribution in [2.75, 3.05) is 6.61 Å². The lowest BCUT2D eigenvalue weighted by atomic mass is 9.97. The number of rotatable bonds is 8. The minimum atomic E-state index is -2.04. The van der Waals surface area contributed by atoms with Gasteiger partial charge in [-0.25, -0.2) is 0 Å². The number of hydrogen-bond acceptors (Lipinski definition) is 20. The van der Waals surface area contributed by atoms with Crippen LogP contribution in [0.4, 0.5) is 0 Å². The molecule has 20 heteroatoms. The average Bonchev–Trinajstić information content (AvgIpc) is 3.11. The lowest BCUT2D eigenvalue weighted by Gasteiger charge is -2.46. The number of phenols is 4. The van der Waals surface area contributed by atoms with E-state index < -0.39 is 144 Å². The fraction of sp³-hybridized carbons (Fsp3) is 0.545. The topological polar surface area (TPSA) is 328 Å². The van der Waals surface area contributed by atoms with Crippen molar-refractivity contribution in [2.24, 2.45) is 0 Å². The quantitative estimate of drug-likeness (QED) is 0.103. The summed E-state index contributed by atoms with van der Waals surface area (Å²) in [5.74, 6) is -3.68. The van der Waals surface area contributed by atoms with Crippen LogP contribution >= 0.6 is 0 Å². The lowest BCUT2D eigenvalue weighted by molar-refractivity contribution is -0.360. The van der Waals surface area contributed by atoms with Crippen molar-refractivity contribution in [1.82, 2.24) is 0 Å². The van der Waals surface area contributed by atoms with Crippen molar-refractivity contribution in [3.63, 3.8) is 0 Å². The smallest absolute Gasteiger partial charge is 0.239 e. The summed E-state index contributed by atoms with van der Waals surface area (Å²) in [6, 6.07) is 5.09. The molecule has 292 valence electrons. The normalized spacial score (nSPS) is 37.8. The molecule has 1 aromatic heterocycles. The van der Waals surface area contributed by atoms with Gasteiger partial charge in [0.15, 0.2) is 35.9 Å². The summed E-state index contributed by atoms with van der Waals surface area (Å²) in [6.45, 7) is 2.05. The highest BCUT2D eigenvalue weighted by Crippen LogP contribution is 2.40. The molecule has 0 aliphatic carbocycles. The standard InChI is InChI=1S/C33H40O20/c1-9-19(38)23(42)26(45)31(48-9)47-8-17-21(40)25(44)30(53-32-27(46)24(43)20(39)10(2)49-32)33(51-17)52-29-22(41)18-15(37)6-12(34)7-16(18)50-28(29)11-3-4-13(35)14(36)5-11/h3-7,9-10,17,19-21,23-27,30-40,42-46H,8H2,1-2H3/t9-,10-,17+,19+,20-,21+,23-,24+,25+,26-,27+,30-,31-,32+,33+/m1/s1. The van der Waals surface area contributed by atoms with Crippen molar-refractivity contribution in [3.05, 3.63) is 40.6 Å². The highest BCUT2D eigenvalue weighted by molar-refractivity contribution is 5.88. The summed E-state index contributed by atoms with van der Waals surface area (Å²) in [4.78, 5) is 14.0. The predicted molar refractivity (Wildman–Crippen MR) is 171 cm³/mol. The third kappa shape index (κ3) is 7.34. The maximum absolute atomic E-state index is 14.0. The van der Waals surface area contributed by atoms with Gasteiger partial charge in [-0.2, -0.15) is 0 Å². The Morgan fingerprint density at radius 3 is 1.91 bits per heavy atom. The van der Waals surface area contributed by atoms with Gasteiger partial charge in [-0.1, -0.05) is 0 Å². The highest BCUT2D eigenvalue weighted by atomic mass is 16.8. The molecule has 20 nitrogen and oxygen atoms in total. The second-order valence-corrected chi connectivity index (χ2v) is 13.1. The van der Waals surface area contributed by atoms with E-state index in [4.69, 9.17) is 32.8 Å². The summed E-state index contributed by atoms with van der Waals surface area (Å²) < 4.78 is 40.1. The molecule has 3 saturated heterocycles. The molecule has 0 saturated carbocycles. The number of phenolic OH excluding ortho intramolecular Hbond substituents is 4. The number of aromatic hydroxyl groups is 4. The Morgan fingerprint density at radius 1 is 0.642 bits per heavy atom. The fourth-order valence-electron chi connectivity index (χ4n) is 6.25.